The molecule has 5 nitrogen and oxygen atoms in total. The second-order valence-corrected chi connectivity index (χ2v) is 9.15. The number of benzene rings is 2. The molecule has 2 atom stereocenters. The van der Waals surface area contributed by atoms with Crippen LogP contribution in [0.4, 0.5) is 0 Å². The molecule has 0 heterocycles. The maximum Gasteiger partial charge on any atom is 0.243 e. The lowest BCUT2D eigenvalue weighted by atomic mass is 9.86. The molecule has 2 unspecified atom stereocenters. The monoisotopic (exact) mass is 458 g/mol. The van der Waals surface area contributed by atoms with E-state index in [0.29, 0.717) is 11.5 Å². The Hall–Kier alpha value is -2.34. The summed E-state index contributed by atoms with van der Waals surface area (Å²) < 4.78 is 11.4. The van der Waals surface area contributed by atoms with E-state index in [1.165, 1.54) is 11.1 Å². The van der Waals surface area contributed by atoms with Crippen molar-refractivity contribution >= 4 is 28.1 Å². The van der Waals surface area contributed by atoms with E-state index in [4.69, 9.17) is 9.47 Å². The molecular weight excluding hydrogens is 432 g/mol. The summed E-state index contributed by atoms with van der Waals surface area (Å²) >= 11 is 3.45. The van der Waals surface area contributed by atoms with Gasteiger partial charge >= 0.3 is 0 Å². The fourth-order valence-electron chi connectivity index (χ4n) is 3.35. The van der Waals surface area contributed by atoms with Gasteiger partial charge in [-0.2, -0.15) is 5.10 Å². The number of rotatable bonds is 6. The van der Waals surface area contributed by atoms with Gasteiger partial charge in [0.2, 0.25) is 5.91 Å². The van der Waals surface area contributed by atoms with E-state index in [0.717, 1.165) is 16.5 Å². The molecule has 0 aromatic heterocycles. The van der Waals surface area contributed by atoms with Crippen LogP contribution in [0.1, 0.15) is 49.8 Å². The smallest absolute Gasteiger partial charge is 0.243 e. The van der Waals surface area contributed by atoms with E-state index in [1.807, 2.05) is 6.07 Å². The van der Waals surface area contributed by atoms with Crippen molar-refractivity contribution in [2.45, 2.75) is 38.5 Å². The van der Waals surface area contributed by atoms with Gasteiger partial charge < -0.3 is 9.47 Å². The lowest BCUT2D eigenvalue weighted by molar-refractivity contribution is -0.122. The van der Waals surface area contributed by atoms with E-state index in [-0.39, 0.29) is 23.2 Å². The van der Waals surface area contributed by atoms with Crippen molar-refractivity contribution in [1.82, 2.24) is 5.43 Å². The van der Waals surface area contributed by atoms with E-state index in [1.54, 1.807) is 26.5 Å². The Bertz CT molecular complexity index is 917. The Morgan fingerprint density at radius 2 is 1.86 bits per heavy atom. The Balaban J connectivity index is 1.59. The van der Waals surface area contributed by atoms with Gasteiger partial charge in [0, 0.05) is 5.92 Å². The molecule has 0 aliphatic heterocycles. The first-order chi connectivity index (χ1) is 13.7. The number of halogens is 1. The van der Waals surface area contributed by atoms with Crippen LogP contribution >= 0.6 is 15.9 Å². The zero-order valence-corrected chi connectivity index (χ0v) is 19.0. The number of carbonyl (C=O) groups excluding carboxylic acids is 1. The van der Waals surface area contributed by atoms with Crippen molar-refractivity contribution in [1.29, 1.82) is 0 Å². The molecule has 1 N–H and O–H groups in total. The minimum Gasteiger partial charge on any atom is -0.493 e. The summed E-state index contributed by atoms with van der Waals surface area (Å²) in [7, 11) is 3.16. The summed E-state index contributed by atoms with van der Waals surface area (Å²) in [6.07, 6.45) is 2.46. The number of carbonyl (C=O) groups is 1. The first-order valence-electron chi connectivity index (χ1n) is 9.59. The number of hydrogen-bond donors (Lipinski definition) is 1. The summed E-state index contributed by atoms with van der Waals surface area (Å²) in [5, 5.41) is 4.11. The SMILES string of the molecule is COc1cc(/C=N\NC(=O)C2CC2c2ccc(C(C)(C)C)cc2)cc(Br)c1OC. The molecule has 6 heteroatoms. The topological polar surface area (TPSA) is 59.9 Å². The molecule has 0 spiro atoms. The van der Waals surface area contributed by atoms with Crippen LogP contribution in [0.2, 0.25) is 0 Å². The van der Waals surface area contributed by atoms with Gasteiger partial charge in [0.05, 0.1) is 24.9 Å². The van der Waals surface area contributed by atoms with Crippen LogP contribution in [0, 0.1) is 5.92 Å². The van der Waals surface area contributed by atoms with E-state index >= 15 is 0 Å². The molecule has 29 heavy (non-hydrogen) atoms. The van der Waals surface area contributed by atoms with Gasteiger partial charge in [0.15, 0.2) is 11.5 Å². The summed E-state index contributed by atoms with van der Waals surface area (Å²) in [6.45, 7) is 6.60. The minimum absolute atomic E-state index is 0.0234. The number of methoxy groups -OCH3 is 2. The molecule has 1 aliphatic rings. The van der Waals surface area contributed by atoms with Crippen molar-refractivity contribution in [3.05, 3.63) is 57.6 Å². The number of nitrogens with one attached hydrogen (secondary N) is 1. The van der Waals surface area contributed by atoms with Crippen LogP contribution in [-0.4, -0.2) is 26.3 Å². The highest BCUT2D eigenvalue weighted by Crippen LogP contribution is 2.47. The molecule has 1 saturated carbocycles. The number of ether oxygens (including phenoxy) is 2. The predicted octanol–water partition coefficient (Wildman–Crippen LogP) is 5.02. The highest BCUT2D eigenvalue weighted by Gasteiger charge is 2.44. The van der Waals surface area contributed by atoms with Gasteiger partial charge in [-0.05, 0) is 62.5 Å². The van der Waals surface area contributed by atoms with Gasteiger partial charge in [-0.1, -0.05) is 45.0 Å². The highest BCUT2D eigenvalue weighted by molar-refractivity contribution is 9.10. The van der Waals surface area contributed by atoms with Crippen LogP contribution in [0.25, 0.3) is 0 Å². The van der Waals surface area contributed by atoms with Crippen LogP contribution in [-0.2, 0) is 10.2 Å². The van der Waals surface area contributed by atoms with Crippen molar-refractivity contribution in [3.63, 3.8) is 0 Å². The Morgan fingerprint density at radius 1 is 1.17 bits per heavy atom. The van der Waals surface area contributed by atoms with Crippen molar-refractivity contribution in [2.75, 3.05) is 14.2 Å². The third-order valence-corrected chi connectivity index (χ3v) is 5.77. The fourth-order valence-corrected chi connectivity index (χ4v) is 3.97. The maximum absolute atomic E-state index is 12.4. The van der Waals surface area contributed by atoms with Crippen molar-refractivity contribution < 1.29 is 14.3 Å². The third-order valence-electron chi connectivity index (χ3n) is 5.18. The zero-order valence-electron chi connectivity index (χ0n) is 17.5. The van der Waals surface area contributed by atoms with E-state index in [2.05, 4.69) is 71.5 Å². The van der Waals surface area contributed by atoms with Crippen LogP contribution in [0.15, 0.2) is 46.0 Å². The second-order valence-electron chi connectivity index (χ2n) is 8.29. The molecule has 3 rings (SSSR count). The molecule has 2 aromatic carbocycles. The summed E-state index contributed by atoms with van der Waals surface area (Å²) in [4.78, 5) is 12.4. The third kappa shape index (κ3) is 4.99. The number of amides is 1. The Kier molecular flexibility index (Phi) is 6.32. The molecule has 2 aromatic rings. The average molecular weight is 459 g/mol. The lowest BCUT2D eigenvalue weighted by Gasteiger charge is -2.19. The predicted molar refractivity (Wildman–Crippen MR) is 119 cm³/mol. The van der Waals surface area contributed by atoms with Gasteiger partial charge in [-0.15, -0.1) is 0 Å². The highest BCUT2D eigenvalue weighted by atomic mass is 79.9. The van der Waals surface area contributed by atoms with Gasteiger partial charge in [-0.3, -0.25) is 4.79 Å². The Labute approximate surface area is 180 Å². The largest absolute Gasteiger partial charge is 0.493 e. The van der Waals surface area contributed by atoms with E-state index in [9.17, 15) is 4.79 Å². The zero-order chi connectivity index (χ0) is 21.2. The van der Waals surface area contributed by atoms with Crippen molar-refractivity contribution in [3.8, 4) is 11.5 Å². The number of hydrazone groups is 1. The molecule has 0 saturated heterocycles. The molecule has 0 bridgehead atoms. The molecule has 1 amide bonds. The van der Waals surface area contributed by atoms with E-state index < -0.39 is 0 Å². The quantitative estimate of drug-likeness (QED) is 0.488. The minimum atomic E-state index is -0.0503. The van der Waals surface area contributed by atoms with Crippen LogP contribution in [0.5, 0.6) is 11.5 Å². The average Bonchev–Trinajstić information content (AvgIpc) is 3.48. The number of nitrogens with zero attached hydrogens (tertiary/aromatic N) is 1. The standard InChI is InChI=1S/C23H27BrN2O3/c1-23(2,3)16-8-6-15(7-9-16)17-12-18(17)22(27)26-25-13-14-10-19(24)21(29-5)20(11-14)28-4/h6-11,13,17-18H,12H2,1-5H3,(H,26,27)/b25-13-. The fraction of sp³-hybridized carbons (Fsp3) is 0.391. The first kappa shape index (κ1) is 21.4. The normalized spacial score (nSPS) is 18.6. The van der Waals surface area contributed by atoms with Gasteiger partial charge in [-0.25, -0.2) is 5.43 Å². The first-order valence-corrected chi connectivity index (χ1v) is 10.4. The molecule has 154 valence electrons. The summed E-state index contributed by atoms with van der Waals surface area (Å²) in [5.74, 6) is 1.41. The second kappa shape index (κ2) is 8.57. The number of hydrogen-bond acceptors (Lipinski definition) is 4. The van der Waals surface area contributed by atoms with Crippen LogP contribution in [0.3, 0.4) is 0 Å². The Morgan fingerprint density at radius 3 is 2.45 bits per heavy atom. The summed E-state index contributed by atoms with van der Waals surface area (Å²) in [6, 6.07) is 12.3. The van der Waals surface area contributed by atoms with Crippen LogP contribution < -0.4 is 14.9 Å². The summed E-state index contributed by atoms with van der Waals surface area (Å²) in [5.41, 5.74) is 6.09. The van der Waals surface area contributed by atoms with Gasteiger partial charge in [0.1, 0.15) is 0 Å². The van der Waals surface area contributed by atoms with Crippen molar-refractivity contribution in [2.24, 2.45) is 11.0 Å². The van der Waals surface area contributed by atoms with Gasteiger partial charge in [0.25, 0.3) is 0 Å². The molecule has 1 fully saturated rings. The molecule has 0 radical (unpaired) electrons. The molecular formula is C23H27BrN2O3. The lowest BCUT2D eigenvalue weighted by Crippen LogP contribution is -2.20. The molecule has 1 aliphatic carbocycles. The maximum atomic E-state index is 12.4.